The fourth-order valence-corrected chi connectivity index (χ4v) is 3.04. The van der Waals surface area contributed by atoms with E-state index in [1.54, 1.807) is 13.0 Å². The van der Waals surface area contributed by atoms with E-state index in [0.29, 0.717) is 12.1 Å². The number of ether oxygens (including phenoxy) is 1. The molecule has 0 aliphatic rings. The summed E-state index contributed by atoms with van der Waals surface area (Å²) in [7, 11) is -2.40. The Morgan fingerprint density at radius 2 is 2.10 bits per heavy atom. The molecule has 1 aromatic rings. The van der Waals surface area contributed by atoms with Crippen LogP contribution in [-0.2, 0) is 21.3 Å². The van der Waals surface area contributed by atoms with Crippen LogP contribution in [0.4, 0.5) is 4.39 Å². The molecule has 0 fully saturated rings. The van der Waals surface area contributed by atoms with Crippen LogP contribution in [-0.4, -0.2) is 34.7 Å². The van der Waals surface area contributed by atoms with Gasteiger partial charge in [-0.05, 0) is 31.2 Å². The molecule has 1 atom stereocenters. The van der Waals surface area contributed by atoms with Crippen molar-refractivity contribution in [2.75, 3.05) is 20.3 Å². The maximum Gasteiger partial charge on any atom is 0.243 e. The Labute approximate surface area is 119 Å². The first-order valence-electron chi connectivity index (χ1n) is 6.41. The normalized spacial score (nSPS) is 13.4. The molecule has 1 aromatic carbocycles. The van der Waals surface area contributed by atoms with Crippen molar-refractivity contribution in [3.05, 3.63) is 29.6 Å². The first-order chi connectivity index (χ1) is 9.40. The van der Waals surface area contributed by atoms with E-state index in [-0.39, 0.29) is 11.5 Å². The van der Waals surface area contributed by atoms with E-state index in [4.69, 9.17) is 4.74 Å². The molecular formula is C13H21FN2O3S. The van der Waals surface area contributed by atoms with Gasteiger partial charge >= 0.3 is 0 Å². The van der Waals surface area contributed by atoms with Crippen LogP contribution < -0.4 is 10.0 Å². The van der Waals surface area contributed by atoms with Gasteiger partial charge in [0.1, 0.15) is 10.7 Å². The molecule has 0 heterocycles. The maximum atomic E-state index is 13.9. The molecule has 0 aromatic heterocycles. The van der Waals surface area contributed by atoms with Crippen molar-refractivity contribution < 1.29 is 17.5 Å². The van der Waals surface area contributed by atoms with E-state index >= 15 is 0 Å². The van der Waals surface area contributed by atoms with Gasteiger partial charge in [-0.3, -0.25) is 0 Å². The molecule has 5 nitrogen and oxygen atoms in total. The Morgan fingerprint density at radius 3 is 2.65 bits per heavy atom. The van der Waals surface area contributed by atoms with Gasteiger partial charge in [-0.1, -0.05) is 13.0 Å². The summed E-state index contributed by atoms with van der Waals surface area (Å²) >= 11 is 0. The fourth-order valence-electron chi connectivity index (χ4n) is 1.75. The molecule has 0 radical (unpaired) electrons. The van der Waals surface area contributed by atoms with Gasteiger partial charge in [-0.25, -0.2) is 17.5 Å². The number of hydrogen-bond acceptors (Lipinski definition) is 4. The highest BCUT2D eigenvalue weighted by atomic mass is 32.2. The molecule has 20 heavy (non-hydrogen) atoms. The fraction of sp³-hybridized carbons (Fsp3) is 0.538. The summed E-state index contributed by atoms with van der Waals surface area (Å²) < 4.78 is 45.2. The Hall–Kier alpha value is -1.02. The summed E-state index contributed by atoms with van der Waals surface area (Å²) in [6.45, 7) is 5.08. The molecule has 0 saturated heterocycles. The van der Waals surface area contributed by atoms with Crippen LogP contribution in [0.5, 0.6) is 0 Å². The van der Waals surface area contributed by atoms with Crippen LogP contribution in [0.15, 0.2) is 23.1 Å². The first-order valence-corrected chi connectivity index (χ1v) is 7.89. The van der Waals surface area contributed by atoms with Gasteiger partial charge in [0.05, 0.1) is 6.61 Å². The molecule has 1 unspecified atom stereocenters. The van der Waals surface area contributed by atoms with Crippen LogP contribution in [0.1, 0.15) is 19.4 Å². The van der Waals surface area contributed by atoms with Crippen molar-refractivity contribution in [1.29, 1.82) is 0 Å². The number of benzene rings is 1. The topological polar surface area (TPSA) is 67.4 Å². The molecular weight excluding hydrogens is 283 g/mol. The number of methoxy groups -OCH3 is 1. The van der Waals surface area contributed by atoms with Crippen molar-refractivity contribution in [3.8, 4) is 0 Å². The summed E-state index contributed by atoms with van der Waals surface area (Å²) in [5, 5.41) is 3.05. The number of nitrogens with one attached hydrogen (secondary N) is 2. The SMILES string of the molecule is CCNCc1ccc(S(=O)(=O)NC(C)COC)c(F)c1. The number of hydrogen-bond donors (Lipinski definition) is 2. The first kappa shape index (κ1) is 17.0. The maximum absolute atomic E-state index is 13.9. The lowest BCUT2D eigenvalue weighted by Crippen LogP contribution is -2.36. The van der Waals surface area contributed by atoms with Crippen LogP contribution in [0.3, 0.4) is 0 Å². The summed E-state index contributed by atoms with van der Waals surface area (Å²) in [5.41, 5.74) is 0.702. The standard InChI is InChI=1S/C13H21FN2O3S/c1-4-15-8-11-5-6-13(12(14)7-11)20(17,18)16-10(2)9-19-3/h5-7,10,15-16H,4,8-9H2,1-3H3. The van der Waals surface area contributed by atoms with Crippen molar-refractivity contribution in [2.45, 2.75) is 31.3 Å². The lowest BCUT2D eigenvalue weighted by atomic mass is 10.2. The Balaban J connectivity index is 2.90. The van der Waals surface area contributed by atoms with Crippen LogP contribution >= 0.6 is 0 Å². The summed E-state index contributed by atoms with van der Waals surface area (Å²) in [6.07, 6.45) is 0. The van der Waals surface area contributed by atoms with Gasteiger partial charge in [-0.15, -0.1) is 0 Å². The third-order valence-electron chi connectivity index (χ3n) is 2.64. The Bertz CT molecular complexity index is 534. The predicted molar refractivity (Wildman–Crippen MR) is 75.4 cm³/mol. The van der Waals surface area contributed by atoms with Crippen LogP contribution in [0.25, 0.3) is 0 Å². The highest BCUT2D eigenvalue weighted by Crippen LogP contribution is 2.16. The highest BCUT2D eigenvalue weighted by Gasteiger charge is 2.21. The molecule has 114 valence electrons. The number of rotatable bonds is 8. The molecule has 0 aliphatic heterocycles. The molecule has 0 spiro atoms. The second kappa shape index (κ2) is 7.68. The number of halogens is 1. The zero-order valence-electron chi connectivity index (χ0n) is 11.9. The smallest absolute Gasteiger partial charge is 0.243 e. The van der Waals surface area contributed by atoms with Gasteiger partial charge in [0.25, 0.3) is 0 Å². The van der Waals surface area contributed by atoms with Gasteiger partial charge in [-0.2, -0.15) is 0 Å². The molecule has 7 heteroatoms. The quantitative estimate of drug-likeness (QED) is 0.758. The van der Waals surface area contributed by atoms with Gasteiger partial charge in [0.15, 0.2) is 0 Å². The molecule has 0 bridgehead atoms. The Kier molecular flexibility index (Phi) is 6.54. The highest BCUT2D eigenvalue weighted by molar-refractivity contribution is 7.89. The van der Waals surface area contributed by atoms with Crippen molar-refractivity contribution >= 4 is 10.0 Å². The zero-order chi connectivity index (χ0) is 15.2. The van der Waals surface area contributed by atoms with Crippen molar-refractivity contribution in [3.63, 3.8) is 0 Å². The van der Waals surface area contributed by atoms with Crippen LogP contribution in [0, 0.1) is 5.82 Å². The summed E-state index contributed by atoms with van der Waals surface area (Å²) in [5.74, 6) is -0.752. The minimum absolute atomic E-state index is 0.222. The van der Waals surface area contributed by atoms with E-state index in [2.05, 4.69) is 10.0 Å². The molecule has 2 N–H and O–H groups in total. The predicted octanol–water partition coefficient (Wildman–Crippen LogP) is 1.25. The van der Waals surface area contributed by atoms with Crippen LogP contribution in [0.2, 0.25) is 0 Å². The van der Waals surface area contributed by atoms with E-state index in [9.17, 15) is 12.8 Å². The van der Waals surface area contributed by atoms with Crippen molar-refractivity contribution in [2.24, 2.45) is 0 Å². The third-order valence-corrected chi connectivity index (χ3v) is 4.26. The lowest BCUT2D eigenvalue weighted by Gasteiger charge is -2.14. The largest absolute Gasteiger partial charge is 0.383 e. The minimum atomic E-state index is -3.88. The zero-order valence-corrected chi connectivity index (χ0v) is 12.8. The van der Waals surface area contributed by atoms with E-state index in [0.717, 1.165) is 6.54 Å². The molecule has 0 saturated carbocycles. The molecule has 0 amide bonds. The average Bonchev–Trinajstić information content (AvgIpc) is 2.35. The van der Waals surface area contributed by atoms with Crippen molar-refractivity contribution in [1.82, 2.24) is 10.0 Å². The lowest BCUT2D eigenvalue weighted by molar-refractivity contribution is 0.180. The number of sulfonamides is 1. The third kappa shape index (κ3) is 4.82. The monoisotopic (exact) mass is 304 g/mol. The van der Waals surface area contributed by atoms with E-state index in [1.165, 1.54) is 19.2 Å². The van der Waals surface area contributed by atoms with Gasteiger partial charge in [0, 0.05) is 19.7 Å². The minimum Gasteiger partial charge on any atom is -0.383 e. The molecule has 1 rings (SSSR count). The van der Waals surface area contributed by atoms with Gasteiger partial charge < -0.3 is 10.1 Å². The second-order valence-electron chi connectivity index (χ2n) is 4.52. The average molecular weight is 304 g/mol. The van der Waals surface area contributed by atoms with Gasteiger partial charge in [0.2, 0.25) is 10.0 Å². The van der Waals surface area contributed by atoms with E-state index in [1.807, 2.05) is 6.92 Å². The summed E-state index contributed by atoms with van der Waals surface area (Å²) in [4.78, 5) is -0.347. The second-order valence-corrected chi connectivity index (χ2v) is 6.21. The molecule has 0 aliphatic carbocycles. The summed E-state index contributed by atoms with van der Waals surface area (Å²) in [6, 6.07) is 3.69. The Morgan fingerprint density at radius 1 is 1.40 bits per heavy atom. The van der Waals surface area contributed by atoms with E-state index < -0.39 is 21.9 Å².